The average Bonchev–Trinajstić information content (AvgIpc) is 3.09. The van der Waals surface area contributed by atoms with E-state index in [0.717, 1.165) is 56.3 Å². The lowest BCUT2D eigenvalue weighted by molar-refractivity contribution is 0.0732. The van der Waals surface area contributed by atoms with Crippen LogP contribution in [0, 0.1) is 12.3 Å². The van der Waals surface area contributed by atoms with Crippen LogP contribution in [0.5, 0.6) is 0 Å². The summed E-state index contributed by atoms with van der Waals surface area (Å²) in [6.07, 6.45) is 9.20. The fraction of sp³-hybridized carbons (Fsp3) is 0.565. The number of methoxy groups -OCH3 is 1. The number of benzene rings is 1. The van der Waals surface area contributed by atoms with E-state index in [9.17, 15) is 0 Å². The Balaban J connectivity index is 1.42. The summed E-state index contributed by atoms with van der Waals surface area (Å²) in [4.78, 5) is 4.38. The third kappa shape index (κ3) is 5.82. The van der Waals surface area contributed by atoms with Crippen molar-refractivity contribution >= 4 is 5.96 Å². The fourth-order valence-corrected chi connectivity index (χ4v) is 3.94. The van der Waals surface area contributed by atoms with Gasteiger partial charge in [0.25, 0.3) is 0 Å². The fourth-order valence-electron chi connectivity index (χ4n) is 3.94. The van der Waals surface area contributed by atoms with Crippen molar-refractivity contribution in [3.63, 3.8) is 0 Å². The Morgan fingerprint density at radius 3 is 2.69 bits per heavy atom. The van der Waals surface area contributed by atoms with Gasteiger partial charge in [-0.25, -0.2) is 4.68 Å². The standard InChI is InChI=1S/C23H35N5O/c1-19-20(17-28(27-19)21-10-5-4-6-11-21)9-7-15-25-22(24-2)26-18-23(12-8-13-23)14-16-29-3/h4-6,10-11,17H,7-9,12-16,18H2,1-3H3,(H2,24,25,26). The summed E-state index contributed by atoms with van der Waals surface area (Å²) in [5, 5.41) is 11.6. The molecule has 1 aliphatic rings. The minimum absolute atomic E-state index is 0.386. The summed E-state index contributed by atoms with van der Waals surface area (Å²) >= 11 is 0. The average molecular weight is 398 g/mol. The van der Waals surface area contributed by atoms with Crippen molar-refractivity contribution in [3.05, 3.63) is 47.8 Å². The van der Waals surface area contributed by atoms with Gasteiger partial charge in [0.1, 0.15) is 0 Å². The van der Waals surface area contributed by atoms with Crippen LogP contribution < -0.4 is 10.6 Å². The largest absolute Gasteiger partial charge is 0.385 e. The second kappa shape index (κ2) is 10.4. The molecule has 1 aliphatic carbocycles. The highest BCUT2D eigenvalue weighted by molar-refractivity contribution is 5.79. The molecule has 1 aromatic carbocycles. The minimum atomic E-state index is 0.386. The molecule has 1 aromatic heterocycles. The van der Waals surface area contributed by atoms with E-state index in [1.807, 2.05) is 29.9 Å². The lowest BCUT2D eigenvalue weighted by Gasteiger charge is -2.42. The van der Waals surface area contributed by atoms with E-state index in [4.69, 9.17) is 4.74 Å². The Labute approximate surface area is 174 Å². The lowest BCUT2D eigenvalue weighted by atomic mass is 9.67. The van der Waals surface area contributed by atoms with Crippen LogP contribution in [-0.2, 0) is 11.2 Å². The molecule has 2 N–H and O–H groups in total. The number of aryl methyl sites for hydroxylation is 2. The van der Waals surface area contributed by atoms with Gasteiger partial charge in [0, 0.05) is 40.1 Å². The van der Waals surface area contributed by atoms with Gasteiger partial charge in [-0.1, -0.05) is 24.6 Å². The molecule has 6 heteroatoms. The van der Waals surface area contributed by atoms with Gasteiger partial charge in [0.15, 0.2) is 5.96 Å². The number of aliphatic imine (C=N–C) groups is 1. The molecule has 1 heterocycles. The molecule has 0 unspecified atom stereocenters. The summed E-state index contributed by atoms with van der Waals surface area (Å²) in [5.41, 5.74) is 3.88. The van der Waals surface area contributed by atoms with Crippen LogP contribution in [0.1, 0.15) is 43.4 Å². The minimum Gasteiger partial charge on any atom is -0.385 e. The number of ether oxygens (including phenoxy) is 1. The quantitative estimate of drug-likeness (QED) is 0.366. The third-order valence-electron chi connectivity index (χ3n) is 6.04. The molecule has 29 heavy (non-hydrogen) atoms. The number of aromatic nitrogens is 2. The Hall–Kier alpha value is -2.34. The van der Waals surface area contributed by atoms with Crippen molar-refractivity contribution in [2.45, 2.75) is 45.4 Å². The molecule has 1 saturated carbocycles. The summed E-state index contributed by atoms with van der Waals surface area (Å²) in [5.74, 6) is 0.894. The Kier molecular flexibility index (Phi) is 7.69. The molecule has 0 aliphatic heterocycles. The van der Waals surface area contributed by atoms with E-state index >= 15 is 0 Å². The lowest BCUT2D eigenvalue weighted by Crippen LogP contribution is -2.47. The van der Waals surface area contributed by atoms with E-state index in [1.165, 1.54) is 24.8 Å². The normalized spacial score (nSPS) is 15.8. The van der Waals surface area contributed by atoms with Gasteiger partial charge < -0.3 is 15.4 Å². The first-order valence-electron chi connectivity index (χ1n) is 10.7. The molecule has 0 atom stereocenters. The molecule has 0 saturated heterocycles. The van der Waals surface area contributed by atoms with Crippen molar-refractivity contribution in [1.29, 1.82) is 0 Å². The molecule has 3 rings (SSSR count). The maximum atomic E-state index is 5.29. The molecule has 0 bridgehead atoms. The molecule has 0 amide bonds. The first-order chi connectivity index (χ1) is 14.2. The van der Waals surface area contributed by atoms with Crippen molar-refractivity contribution < 1.29 is 4.74 Å². The van der Waals surface area contributed by atoms with Crippen molar-refractivity contribution in [2.24, 2.45) is 10.4 Å². The summed E-state index contributed by atoms with van der Waals surface area (Å²) in [6, 6.07) is 10.3. The highest BCUT2D eigenvalue weighted by Crippen LogP contribution is 2.43. The van der Waals surface area contributed by atoms with Crippen LogP contribution in [0.2, 0.25) is 0 Å². The van der Waals surface area contributed by atoms with Crippen LogP contribution in [0.25, 0.3) is 5.69 Å². The van der Waals surface area contributed by atoms with E-state index in [1.54, 1.807) is 7.11 Å². The molecule has 2 aromatic rings. The van der Waals surface area contributed by atoms with Gasteiger partial charge in [-0.05, 0) is 62.1 Å². The van der Waals surface area contributed by atoms with Crippen LogP contribution in [-0.4, -0.2) is 49.6 Å². The first-order valence-corrected chi connectivity index (χ1v) is 10.7. The zero-order valence-electron chi connectivity index (χ0n) is 18.1. The number of rotatable bonds is 10. The van der Waals surface area contributed by atoms with Crippen LogP contribution in [0.3, 0.4) is 0 Å². The SMILES string of the molecule is CN=C(NCCCc1cn(-c2ccccc2)nc1C)NCC1(CCOC)CCC1. The number of nitrogens with one attached hydrogen (secondary N) is 2. The van der Waals surface area contributed by atoms with Crippen LogP contribution in [0.4, 0.5) is 0 Å². The van der Waals surface area contributed by atoms with Gasteiger partial charge in [0.05, 0.1) is 11.4 Å². The maximum absolute atomic E-state index is 5.29. The number of nitrogens with zero attached hydrogens (tertiary/aromatic N) is 3. The van der Waals surface area contributed by atoms with Crippen molar-refractivity contribution in [3.8, 4) is 5.69 Å². The molecule has 6 nitrogen and oxygen atoms in total. The Bertz CT molecular complexity index is 780. The third-order valence-corrected chi connectivity index (χ3v) is 6.04. The molecular weight excluding hydrogens is 362 g/mol. The van der Waals surface area contributed by atoms with Crippen LogP contribution in [0.15, 0.2) is 41.5 Å². The highest BCUT2D eigenvalue weighted by atomic mass is 16.5. The predicted molar refractivity (Wildman–Crippen MR) is 119 cm³/mol. The number of guanidine groups is 1. The second-order valence-corrected chi connectivity index (χ2v) is 8.07. The van der Waals surface area contributed by atoms with Crippen molar-refractivity contribution in [2.75, 3.05) is 33.9 Å². The first kappa shape index (κ1) is 21.4. The molecule has 0 spiro atoms. The zero-order chi connectivity index (χ0) is 20.5. The number of hydrogen-bond acceptors (Lipinski definition) is 3. The zero-order valence-corrected chi connectivity index (χ0v) is 18.1. The van der Waals surface area contributed by atoms with Crippen molar-refractivity contribution in [1.82, 2.24) is 20.4 Å². The van der Waals surface area contributed by atoms with E-state index in [0.29, 0.717) is 5.41 Å². The highest BCUT2D eigenvalue weighted by Gasteiger charge is 2.36. The summed E-state index contributed by atoms with van der Waals surface area (Å²) in [6.45, 7) is 4.78. The number of para-hydroxylation sites is 1. The van der Waals surface area contributed by atoms with Gasteiger partial charge >= 0.3 is 0 Å². The van der Waals surface area contributed by atoms with E-state index in [2.05, 4.69) is 46.0 Å². The van der Waals surface area contributed by atoms with E-state index in [-0.39, 0.29) is 0 Å². The molecule has 158 valence electrons. The smallest absolute Gasteiger partial charge is 0.190 e. The predicted octanol–water partition coefficient (Wildman–Crippen LogP) is 3.49. The van der Waals surface area contributed by atoms with Crippen LogP contribution >= 0.6 is 0 Å². The van der Waals surface area contributed by atoms with Gasteiger partial charge in [-0.2, -0.15) is 5.10 Å². The Morgan fingerprint density at radius 2 is 2.03 bits per heavy atom. The molecule has 1 fully saturated rings. The monoisotopic (exact) mass is 397 g/mol. The summed E-state index contributed by atoms with van der Waals surface area (Å²) < 4.78 is 7.26. The number of hydrogen-bond donors (Lipinski definition) is 2. The van der Waals surface area contributed by atoms with Gasteiger partial charge in [-0.3, -0.25) is 4.99 Å². The van der Waals surface area contributed by atoms with E-state index < -0.39 is 0 Å². The van der Waals surface area contributed by atoms with Gasteiger partial charge in [-0.15, -0.1) is 0 Å². The molecular formula is C23H35N5O. The maximum Gasteiger partial charge on any atom is 0.190 e. The summed E-state index contributed by atoms with van der Waals surface area (Å²) in [7, 11) is 3.62. The molecule has 0 radical (unpaired) electrons. The Morgan fingerprint density at radius 1 is 1.24 bits per heavy atom. The topological polar surface area (TPSA) is 63.5 Å². The second-order valence-electron chi connectivity index (χ2n) is 8.07. The van der Waals surface area contributed by atoms with Gasteiger partial charge in [0.2, 0.25) is 0 Å².